The van der Waals surface area contributed by atoms with E-state index in [1.54, 1.807) is 34.2 Å². The van der Waals surface area contributed by atoms with Crippen LogP contribution in [0.2, 0.25) is 0 Å². The highest BCUT2D eigenvalue weighted by atomic mass is 32.1. The van der Waals surface area contributed by atoms with Crippen molar-refractivity contribution in [1.82, 2.24) is 15.1 Å². The highest BCUT2D eigenvalue weighted by Gasteiger charge is 2.12. The minimum Gasteiger partial charge on any atom is -0.490 e. The summed E-state index contributed by atoms with van der Waals surface area (Å²) in [6.45, 7) is 5.46. The van der Waals surface area contributed by atoms with Crippen LogP contribution in [0.1, 0.15) is 29.1 Å². The predicted molar refractivity (Wildman–Crippen MR) is 111 cm³/mol. The van der Waals surface area contributed by atoms with Crippen molar-refractivity contribution in [1.29, 1.82) is 0 Å². The van der Waals surface area contributed by atoms with Gasteiger partial charge in [-0.05, 0) is 50.6 Å². The SMILES string of the molecule is CCOc1ccc(C(=O)NCCc2ccc(-c3cnn(C)c3)s2)cc1OCC. The molecule has 2 heterocycles. The summed E-state index contributed by atoms with van der Waals surface area (Å²) in [6, 6.07) is 9.47. The zero-order valence-electron chi connectivity index (χ0n) is 16.4. The number of amides is 1. The van der Waals surface area contributed by atoms with E-state index in [1.165, 1.54) is 9.75 Å². The van der Waals surface area contributed by atoms with E-state index in [2.05, 4.69) is 22.5 Å². The molecule has 148 valence electrons. The van der Waals surface area contributed by atoms with E-state index in [0.717, 1.165) is 12.0 Å². The molecule has 28 heavy (non-hydrogen) atoms. The number of nitrogens with one attached hydrogen (secondary N) is 1. The molecule has 0 aliphatic carbocycles. The fourth-order valence-corrected chi connectivity index (χ4v) is 3.79. The molecule has 0 unspecified atom stereocenters. The van der Waals surface area contributed by atoms with Crippen LogP contribution in [0.5, 0.6) is 11.5 Å². The Hall–Kier alpha value is -2.80. The molecule has 0 aliphatic heterocycles. The molecule has 0 bridgehead atoms. The molecule has 2 aromatic heterocycles. The van der Waals surface area contributed by atoms with E-state index in [1.807, 2.05) is 33.3 Å². The van der Waals surface area contributed by atoms with E-state index in [4.69, 9.17) is 9.47 Å². The van der Waals surface area contributed by atoms with Gasteiger partial charge >= 0.3 is 0 Å². The first-order valence-electron chi connectivity index (χ1n) is 9.36. The Labute approximate surface area is 169 Å². The van der Waals surface area contributed by atoms with Gasteiger partial charge in [-0.3, -0.25) is 9.48 Å². The second-order valence-electron chi connectivity index (χ2n) is 6.20. The molecule has 1 aromatic carbocycles. The lowest BCUT2D eigenvalue weighted by Gasteiger charge is -2.12. The summed E-state index contributed by atoms with van der Waals surface area (Å²) in [5.41, 5.74) is 1.68. The summed E-state index contributed by atoms with van der Waals surface area (Å²) in [5, 5.41) is 7.18. The molecule has 0 fully saturated rings. The molecule has 3 rings (SSSR count). The molecule has 1 amide bonds. The van der Waals surface area contributed by atoms with Crippen molar-refractivity contribution in [3.8, 4) is 21.9 Å². The molecule has 0 saturated heterocycles. The summed E-state index contributed by atoms with van der Waals surface area (Å²) in [4.78, 5) is 14.9. The van der Waals surface area contributed by atoms with Crippen LogP contribution in [0.25, 0.3) is 10.4 Å². The molecular formula is C21H25N3O3S. The van der Waals surface area contributed by atoms with Gasteiger partial charge in [-0.1, -0.05) is 0 Å². The zero-order chi connectivity index (χ0) is 19.9. The van der Waals surface area contributed by atoms with Crippen molar-refractivity contribution in [3.05, 3.63) is 53.2 Å². The molecule has 0 spiro atoms. The maximum atomic E-state index is 12.5. The van der Waals surface area contributed by atoms with Crippen molar-refractivity contribution >= 4 is 17.2 Å². The Morgan fingerprint density at radius 1 is 1.14 bits per heavy atom. The molecule has 1 N–H and O–H groups in total. The Morgan fingerprint density at radius 2 is 1.93 bits per heavy atom. The van der Waals surface area contributed by atoms with Gasteiger partial charge in [-0.2, -0.15) is 5.10 Å². The largest absolute Gasteiger partial charge is 0.490 e. The first-order chi connectivity index (χ1) is 13.6. The predicted octanol–water partition coefficient (Wildman–Crippen LogP) is 3.92. The van der Waals surface area contributed by atoms with Gasteiger partial charge in [0.05, 0.1) is 19.4 Å². The molecule has 0 atom stereocenters. The second kappa shape index (κ2) is 9.41. The number of aromatic nitrogens is 2. The van der Waals surface area contributed by atoms with E-state index in [-0.39, 0.29) is 5.91 Å². The van der Waals surface area contributed by atoms with Gasteiger partial charge < -0.3 is 14.8 Å². The molecule has 0 saturated carbocycles. The van der Waals surface area contributed by atoms with E-state index >= 15 is 0 Å². The van der Waals surface area contributed by atoms with E-state index in [9.17, 15) is 4.79 Å². The van der Waals surface area contributed by atoms with E-state index in [0.29, 0.717) is 36.8 Å². The molecule has 7 heteroatoms. The van der Waals surface area contributed by atoms with Crippen LogP contribution in [0, 0.1) is 0 Å². The molecular weight excluding hydrogens is 374 g/mol. The Bertz CT molecular complexity index is 933. The van der Waals surface area contributed by atoms with E-state index < -0.39 is 0 Å². The van der Waals surface area contributed by atoms with Crippen molar-refractivity contribution in [3.63, 3.8) is 0 Å². The third-order valence-electron chi connectivity index (χ3n) is 4.11. The van der Waals surface area contributed by atoms with Crippen LogP contribution in [0.4, 0.5) is 0 Å². The lowest BCUT2D eigenvalue weighted by atomic mass is 10.2. The third kappa shape index (κ3) is 4.92. The number of hydrogen-bond donors (Lipinski definition) is 1. The van der Waals surface area contributed by atoms with Gasteiger partial charge in [0, 0.05) is 40.7 Å². The van der Waals surface area contributed by atoms with Crippen molar-refractivity contribution in [2.24, 2.45) is 7.05 Å². The third-order valence-corrected chi connectivity index (χ3v) is 5.31. The monoisotopic (exact) mass is 399 g/mol. The highest BCUT2D eigenvalue weighted by molar-refractivity contribution is 7.15. The second-order valence-corrected chi connectivity index (χ2v) is 7.37. The number of thiophene rings is 1. The van der Waals surface area contributed by atoms with Gasteiger partial charge in [-0.25, -0.2) is 0 Å². The van der Waals surface area contributed by atoms with Crippen molar-refractivity contribution in [2.45, 2.75) is 20.3 Å². The molecule has 0 radical (unpaired) electrons. The Kier molecular flexibility index (Phi) is 6.71. The smallest absolute Gasteiger partial charge is 0.251 e. The maximum Gasteiger partial charge on any atom is 0.251 e. The first-order valence-corrected chi connectivity index (χ1v) is 10.2. The summed E-state index contributed by atoms with van der Waals surface area (Å²) in [7, 11) is 1.91. The van der Waals surface area contributed by atoms with Crippen molar-refractivity contribution in [2.75, 3.05) is 19.8 Å². The minimum absolute atomic E-state index is 0.118. The normalized spacial score (nSPS) is 10.7. The maximum absolute atomic E-state index is 12.5. The van der Waals surface area contributed by atoms with Crippen LogP contribution >= 0.6 is 11.3 Å². The number of nitrogens with zero attached hydrogens (tertiary/aromatic N) is 2. The van der Waals surface area contributed by atoms with Crippen LogP contribution in [-0.4, -0.2) is 35.4 Å². The van der Waals surface area contributed by atoms with Gasteiger partial charge in [0.1, 0.15) is 0 Å². The average Bonchev–Trinajstić information content (AvgIpc) is 3.32. The molecule has 6 nitrogen and oxygen atoms in total. The quantitative estimate of drug-likeness (QED) is 0.592. The molecule has 3 aromatic rings. The molecule has 0 aliphatic rings. The van der Waals surface area contributed by atoms with Gasteiger partial charge in [-0.15, -0.1) is 11.3 Å². The number of hydrogen-bond acceptors (Lipinski definition) is 5. The standard InChI is InChI=1S/C21H25N3O3S/c1-4-26-18-8-6-15(12-19(18)27-5-2)21(25)22-11-10-17-7-9-20(28-17)16-13-23-24(3)14-16/h6-9,12-14H,4-5,10-11H2,1-3H3,(H,22,25). The number of carbonyl (C=O) groups is 1. The number of rotatable bonds is 9. The topological polar surface area (TPSA) is 65.4 Å². The first kappa shape index (κ1) is 19.9. The van der Waals surface area contributed by atoms with Gasteiger partial charge in [0.15, 0.2) is 11.5 Å². The summed E-state index contributed by atoms with van der Waals surface area (Å²) in [6.07, 6.45) is 4.64. The fraction of sp³-hybridized carbons (Fsp3) is 0.333. The number of carbonyl (C=O) groups excluding carboxylic acids is 1. The summed E-state index contributed by atoms with van der Waals surface area (Å²) >= 11 is 1.72. The fourth-order valence-electron chi connectivity index (χ4n) is 2.81. The number of ether oxygens (including phenoxy) is 2. The summed E-state index contributed by atoms with van der Waals surface area (Å²) < 4.78 is 12.9. The number of benzene rings is 1. The highest BCUT2D eigenvalue weighted by Crippen LogP contribution is 2.29. The average molecular weight is 400 g/mol. The zero-order valence-corrected chi connectivity index (χ0v) is 17.2. The minimum atomic E-state index is -0.118. The van der Waals surface area contributed by atoms with Crippen LogP contribution in [-0.2, 0) is 13.5 Å². The summed E-state index contributed by atoms with van der Waals surface area (Å²) in [5.74, 6) is 1.13. The Balaban J connectivity index is 1.57. The van der Waals surface area contributed by atoms with Crippen LogP contribution < -0.4 is 14.8 Å². The van der Waals surface area contributed by atoms with Crippen LogP contribution in [0.15, 0.2) is 42.7 Å². The van der Waals surface area contributed by atoms with Gasteiger partial charge in [0.2, 0.25) is 0 Å². The van der Waals surface area contributed by atoms with Crippen molar-refractivity contribution < 1.29 is 14.3 Å². The Morgan fingerprint density at radius 3 is 2.64 bits per heavy atom. The number of aryl methyl sites for hydroxylation is 1. The lowest BCUT2D eigenvalue weighted by molar-refractivity contribution is 0.0953. The van der Waals surface area contributed by atoms with Crippen LogP contribution in [0.3, 0.4) is 0 Å². The van der Waals surface area contributed by atoms with Gasteiger partial charge in [0.25, 0.3) is 5.91 Å². The lowest BCUT2D eigenvalue weighted by Crippen LogP contribution is -2.25.